The van der Waals surface area contributed by atoms with E-state index in [-0.39, 0.29) is 0 Å². The highest BCUT2D eigenvalue weighted by Crippen LogP contribution is 2.42. The number of aryl methyl sites for hydroxylation is 1. The van der Waals surface area contributed by atoms with E-state index in [4.69, 9.17) is 4.98 Å². The van der Waals surface area contributed by atoms with Crippen LogP contribution in [0.5, 0.6) is 0 Å². The molecule has 0 spiro atoms. The van der Waals surface area contributed by atoms with Gasteiger partial charge < -0.3 is 0 Å². The fourth-order valence-corrected chi connectivity index (χ4v) is 4.55. The SMILES string of the molecule is Cc1nc2c(c3ccccc13)Cc1cc3ccc4ccccc4c3cc1-2. The summed E-state index contributed by atoms with van der Waals surface area (Å²) in [6, 6.07) is 26.5. The van der Waals surface area contributed by atoms with Crippen LogP contribution in [0.25, 0.3) is 43.6 Å². The van der Waals surface area contributed by atoms with Crippen LogP contribution >= 0.6 is 0 Å². The Hall–Kier alpha value is -3.19. The maximum atomic E-state index is 5.01. The van der Waals surface area contributed by atoms with Crippen LogP contribution < -0.4 is 0 Å². The van der Waals surface area contributed by atoms with Gasteiger partial charge in [-0.15, -0.1) is 0 Å². The van der Waals surface area contributed by atoms with E-state index in [1.165, 1.54) is 54.7 Å². The van der Waals surface area contributed by atoms with Gasteiger partial charge in [-0.2, -0.15) is 0 Å². The van der Waals surface area contributed by atoms with Crippen molar-refractivity contribution in [2.45, 2.75) is 13.3 Å². The Morgan fingerprint density at radius 3 is 2.31 bits per heavy atom. The standard InChI is InChI=1S/C25H17N/c1-15-19-7-4-5-9-21(19)24-13-18-12-17-11-10-16-6-2-3-8-20(16)22(17)14-23(18)25(24)26-15/h2-12,14H,13H2,1H3. The fourth-order valence-electron chi connectivity index (χ4n) is 4.55. The molecule has 1 nitrogen and oxygen atoms in total. The summed E-state index contributed by atoms with van der Waals surface area (Å²) in [4.78, 5) is 5.01. The topological polar surface area (TPSA) is 12.9 Å². The Balaban J connectivity index is 1.73. The van der Waals surface area contributed by atoms with E-state index in [0.717, 1.165) is 12.1 Å². The maximum absolute atomic E-state index is 5.01. The predicted octanol–water partition coefficient (Wildman–Crippen LogP) is 6.42. The van der Waals surface area contributed by atoms with Crippen LogP contribution in [0, 0.1) is 6.92 Å². The van der Waals surface area contributed by atoms with Gasteiger partial charge in [0, 0.05) is 23.1 Å². The molecule has 26 heavy (non-hydrogen) atoms. The van der Waals surface area contributed by atoms with Crippen molar-refractivity contribution in [3.8, 4) is 11.3 Å². The first-order chi connectivity index (χ1) is 12.8. The quantitative estimate of drug-likeness (QED) is 0.293. The number of nitrogens with zero attached hydrogens (tertiary/aromatic N) is 1. The second-order valence-corrected chi connectivity index (χ2v) is 7.26. The molecule has 0 saturated carbocycles. The van der Waals surface area contributed by atoms with E-state index >= 15 is 0 Å². The minimum atomic E-state index is 0.973. The number of pyridine rings is 1. The molecule has 0 radical (unpaired) electrons. The highest BCUT2D eigenvalue weighted by molar-refractivity contribution is 6.10. The minimum absolute atomic E-state index is 0.973. The molecule has 5 aromatic rings. The molecule has 0 unspecified atom stereocenters. The molecule has 1 aliphatic carbocycles. The van der Waals surface area contributed by atoms with Crippen LogP contribution in [0.3, 0.4) is 0 Å². The Morgan fingerprint density at radius 2 is 1.42 bits per heavy atom. The molecule has 1 heteroatoms. The molecular weight excluding hydrogens is 314 g/mol. The van der Waals surface area contributed by atoms with E-state index in [0.29, 0.717) is 0 Å². The first-order valence-corrected chi connectivity index (χ1v) is 9.12. The van der Waals surface area contributed by atoms with Crippen molar-refractivity contribution >= 4 is 32.3 Å². The third kappa shape index (κ3) is 1.78. The fraction of sp³-hybridized carbons (Fsp3) is 0.0800. The summed E-state index contributed by atoms with van der Waals surface area (Å²) in [5, 5.41) is 7.87. The number of rotatable bonds is 0. The van der Waals surface area contributed by atoms with Gasteiger partial charge in [0.2, 0.25) is 0 Å². The van der Waals surface area contributed by atoms with Gasteiger partial charge in [0.25, 0.3) is 0 Å². The Bertz CT molecular complexity index is 1360. The van der Waals surface area contributed by atoms with E-state index in [1.807, 2.05) is 0 Å². The number of fused-ring (bicyclic) bond motifs is 8. The lowest BCUT2D eigenvalue weighted by atomic mass is 9.97. The van der Waals surface area contributed by atoms with Gasteiger partial charge in [-0.3, -0.25) is 4.98 Å². The average Bonchev–Trinajstić information content (AvgIpc) is 3.04. The lowest BCUT2D eigenvalue weighted by molar-refractivity contribution is 1.21. The van der Waals surface area contributed by atoms with Crippen LogP contribution in [0.2, 0.25) is 0 Å². The summed E-state index contributed by atoms with van der Waals surface area (Å²) in [5.41, 5.74) is 6.36. The second kappa shape index (κ2) is 4.92. The van der Waals surface area contributed by atoms with Gasteiger partial charge in [-0.05, 0) is 51.0 Å². The lowest BCUT2D eigenvalue weighted by Gasteiger charge is -2.09. The summed E-state index contributed by atoms with van der Waals surface area (Å²) in [7, 11) is 0. The molecule has 4 aromatic carbocycles. The van der Waals surface area contributed by atoms with Gasteiger partial charge in [0.1, 0.15) is 0 Å². The van der Waals surface area contributed by atoms with Crippen LogP contribution in [0.4, 0.5) is 0 Å². The van der Waals surface area contributed by atoms with Crippen LogP contribution in [-0.4, -0.2) is 4.98 Å². The molecule has 0 saturated heterocycles. The molecule has 0 amide bonds. The normalized spacial score (nSPS) is 12.7. The van der Waals surface area contributed by atoms with Crippen molar-refractivity contribution < 1.29 is 0 Å². The Morgan fingerprint density at radius 1 is 0.692 bits per heavy atom. The van der Waals surface area contributed by atoms with Crippen LogP contribution in [0.15, 0.2) is 72.8 Å². The van der Waals surface area contributed by atoms with Crippen molar-refractivity contribution in [3.63, 3.8) is 0 Å². The number of aromatic nitrogens is 1. The molecule has 1 aliphatic rings. The Kier molecular flexibility index (Phi) is 2.66. The molecular formula is C25H17N. The zero-order valence-electron chi connectivity index (χ0n) is 14.6. The van der Waals surface area contributed by atoms with Crippen molar-refractivity contribution in [2.24, 2.45) is 0 Å². The highest BCUT2D eigenvalue weighted by atomic mass is 14.7. The second-order valence-electron chi connectivity index (χ2n) is 7.26. The molecule has 122 valence electrons. The lowest BCUT2D eigenvalue weighted by Crippen LogP contribution is -1.92. The van der Waals surface area contributed by atoms with Crippen molar-refractivity contribution in [2.75, 3.05) is 0 Å². The molecule has 1 heterocycles. The van der Waals surface area contributed by atoms with Gasteiger partial charge >= 0.3 is 0 Å². The third-order valence-corrected chi connectivity index (χ3v) is 5.80. The average molecular weight is 331 g/mol. The molecule has 0 N–H and O–H groups in total. The number of benzene rings is 4. The largest absolute Gasteiger partial charge is 0.252 e. The number of hydrogen-bond acceptors (Lipinski definition) is 1. The summed E-state index contributed by atoms with van der Waals surface area (Å²) in [6.07, 6.45) is 0.973. The highest BCUT2D eigenvalue weighted by Gasteiger charge is 2.23. The minimum Gasteiger partial charge on any atom is -0.252 e. The van der Waals surface area contributed by atoms with E-state index < -0.39 is 0 Å². The van der Waals surface area contributed by atoms with Crippen molar-refractivity contribution in [1.82, 2.24) is 4.98 Å². The zero-order valence-corrected chi connectivity index (χ0v) is 14.6. The summed E-state index contributed by atoms with van der Waals surface area (Å²) >= 11 is 0. The molecule has 0 fully saturated rings. The summed E-state index contributed by atoms with van der Waals surface area (Å²) in [5.74, 6) is 0. The first-order valence-electron chi connectivity index (χ1n) is 9.12. The van der Waals surface area contributed by atoms with E-state index in [9.17, 15) is 0 Å². The molecule has 0 aliphatic heterocycles. The molecule has 0 atom stereocenters. The van der Waals surface area contributed by atoms with Crippen LogP contribution in [0.1, 0.15) is 16.8 Å². The smallest absolute Gasteiger partial charge is 0.0750 e. The third-order valence-electron chi connectivity index (χ3n) is 5.80. The predicted molar refractivity (Wildman–Crippen MR) is 110 cm³/mol. The molecule has 1 aromatic heterocycles. The maximum Gasteiger partial charge on any atom is 0.0750 e. The molecule has 6 rings (SSSR count). The summed E-state index contributed by atoms with van der Waals surface area (Å²) < 4.78 is 0. The van der Waals surface area contributed by atoms with Crippen molar-refractivity contribution in [3.05, 3.63) is 89.6 Å². The van der Waals surface area contributed by atoms with Gasteiger partial charge in [-0.25, -0.2) is 0 Å². The molecule has 0 bridgehead atoms. The first kappa shape index (κ1) is 14.0. The van der Waals surface area contributed by atoms with E-state index in [1.54, 1.807) is 0 Å². The van der Waals surface area contributed by atoms with Crippen LogP contribution in [-0.2, 0) is 6.42 Å². The number of hydrogen-bond donors (Lipinski definition) is 0. The van der Waals surface area contributed by atoms with Gasteiger partial charge in [0.15, 0.2) is 0 Å². The summed E-state index contributed by atoms with van der Waals surface area (Å²) in [6.45, 7) is 2.12. The van der Waals surface area contributed by atoms with E-state index in [2.05, 4.69) is 79.7 Å². The van der Waals surface area contributed by atoms with Gasteiger partial charge in [0.05, 0.1) is 5.69 Å². The van der Waals surface area contributed by atoms with Gasteiger partial charge in [-0.1, -0.05) is 66.7 Å². The zero-order chi connectivity index (χ0) is 17.3. The monoisotopic (exact) mass is 331 g/mol. The van der Waals surface area contributed by atoms with Crippen molar-refractivity contribution in [1.29, 1.82) is 0 Å². The Labute approximate surface area is 151 Å².